The van der Waals surface area contributed by atoms with Crippen LogP contribution >= 0.6 is 22.9 Å². The molecule has 106 valence electrons. The zero-order chi connectivity index (χ0) is 13.9. The minimum absolute atomic E-state index is 0.0882. The summed E-state index contributed by atoms with van der Waals surface area (Å²) in [7, 11) is 0. The standard InChI is InChI=1S/C15H16ClFN2S/c16-14-5-4-13(20-14)15(19-8-6-18-7-9-19)11-2-1-3-12(17)10-11/h1-5,10,15,18H,6-9H2. The number of hydrogen-bond acceptors (Lipinski definition) is 3. The molecule has 20 heavy (non-hydrogen) atoms. The molecule has 1 N–H and O–H groups in total. The molecule has 1 fully saturated rings. The van der Waals surface area contributed by atoms with Crippen LogP contribution < -0.4 is 5.32 Å². The van der Waals surface area contributed by atoms with Gasteiger partial charge in [-0.25, -0.2) is 4.39 Å². The molecule has 2 nitrogen and oxygen atoms in total. The van der Waals surface area contributed by atoms with E-state index in [1.807, 2.05) is 18.2 Å². The van der Waals surface area contributed by atoms with Gasteiger partial charge >= 0.3 is 0 Å². The summed E-state index contributed by atoms with van der Waals surface area (Å²) < 4.78 is 14.3. The van der Waals surface area contributed by atoms with E-state index >= 15 is 0 Å². The Morgan fingerprint density at radius 2 is 2.00 bits per heavy atom. The molecule has 0 spiro atoms. The van der Waals surface area contributed by atoms with E-state index < -0.39 is 0 Å². The number of benzene rings is 1. The number of thiophene rings is 1. The molecule has 3 rings (SSSR count). The van der Waals surface area contributed by atoms with Crippen LogP contribution in [0.4, 0.5) is 4.39 Å². The van der Waals surface area contributed by atoms with Crippen molar-refractivity contribution in [2.24, 2.45) is 0 Å². The average Bonchev–Trinajstić information content (AvgIpc) is 2.87. The Hall–Kier alpha value is -0.940. The first-order valence-electron chi connectivity index (χ1n) is 6.69. The van der Waals surface area contributed by atoms with Crippen LogP contribution in [0, 0.1) is 5.82 Å². The molecule has 0 saturated carbocycles. The smallest absolute Gasteiger partial charge is 0.123 e. The van der Waals surface area contributed by atoms with Crippen LogP contribution in [0.25, 0.3) is 0 Å². The molecular formula is C15H16ClFN2S. The minimum Gasteiger partial charge on any atom is -0.314 e. The molecule has 1 aliphatic rings. The summed E-state index contributed by atoms with van der Waals surface area (Å²) in [5, 5.41) is 3.35. The van der Waals surface area contributed by atoms with Gasteiger partial charge in [0, 0.05) is 31.1 Å². The van der Waals surface area contributed by atoms with Crippen molar-refractivity contribution in [2.45, 2.75) is 6.04 Å². The van der Waals surface area contributed by atoms with Gasteiger partial charge in [0.2, 0.25) is 0 Å². The molecule has 2 aromatic rings. The van der Waals surface area contributed by atoms with Crippen LogP contribution in [0.1, 0.15) is 16.5 Å². The highest BCUT2D eigenvalue weighted by Gasteiger charge is 2.25. The first kappa shape index (κ1) is 14.0. The topological polar surface area (TPSA) is 15.3 Å². The molecule has 0 bridgehead atoms. The third-order valence-electron chi connectivity index (χ3n) is 3.54. The summed E-state index contributed by atoms with van der Waals surface area (Å²) in [6, 6.07) is 10.9. The van der Waals surface area contributed by atoms with Crippen molar-refractivity contribution >= 4 is 22.9 Å². The Morgan fingerprint density at radius 3 is 2.65 bits per heavy atom. The summed E-state index contributed by atoms with van der Waals surface area (Å²) in [6.07, 6.45) is 0. The van der Waals surface area contributed by atoms with Crippen LogP contribution in [0.15, 0.2) is 36.4 Å². The largest absolute Gasteiger partial charge is 0.314 e. The highest BCUT2D eigenvalue weighted by atomic mass is 35.5. The van der Waals surface area contributed by atoms with Crippen molar-refractivity contribution in [3.8, 4) is 0 Å². The van der Waals surface area contributed by atoms with Gasteiger partial charge in [0.1, 0.15) is 5.82 Å². The van der Waals surface area contributed by atoms with Gasteiger partial charge in [0.05, 0.1) is 10.4 Å². The fraction of sp³-hybridized carbons (Fsp3) is 0.333. The number of piperazine rings is 1. The second kappa shape index (κ2) is 6.22. The van der Waals surface area contributed by atoms with Gasteiger partial charge in [0.15, 0.2) is 0 Å². The van der Waals surface area contributed by atoms with Gasteiger partial charge in [-0.3, -0.25) is 4.90 Å². The second-order valence-electron chi connectivity index (χ2n) is 4.89. The van der Waals surface area contributed by atoms with Crippen LogP contribution in [-0.2, 0) is 0 Å². The van der Waals surface area contributed by atoms with Crippen molar-refractivity contribution in [3.63, 3.8) is 0 Å². The predicted molar refractivity (Wildman–Crippen MR) is 82.0 cm³/mol. The van der Waals surface area contributed by atoms with E-state index in [0.29, 0.717) is 0 Å². The van der Waals surface area contributed by atoms with Crippen LogP contribution in [0.5, 0.6) is 0 Å². The predicted octanol–water partition coefficient (Wildman–Crippen LogP) is 3.54. The van der Waals surface area contributed by atoms with Gasteiger partial charge in [-0.1, -0.05) is 23.7 Å². The van der Waals surface area contributed by atoms with E-state index in [1.165, 1.54) is 10.9 Å². The lowest BCUT2D eigenvalue weighted by atomic mass is 10.0. The molecule has 1 saturated heterocycles. The van der Waals surface area contributed by atoms with E-state index in [4.69, 9.17) is 11.6 Å². The molecule has 0 amide bonds. The third-order valence-corrected chi connectivity index (χ3v) is 4.83. The van der Waals surface area contributed by atoms with Crippen molar-refractivity contribution in [1.82, 2.24) is 10.2 Å². The van der Waals surface area contributed by atoms with Crippen molar-refractivity contribution < 1.29 is 4.39 Å². The fourth-order valence-electron chi connectivity index (χ4n) is 2.65. The number of hydrogen-bond donors (Lipinski definition) is 1. The third kappa shape index (κ3) is 3.04. The number of rotatable bonds is 3. The molecule has 1 aromatic carbocycles. The minimum atomic E-state index is -0.190. The number of nitrogens with zero attached hydrogens (tertiary/aromatic N) is 1. The first-order chi connectivity index (χ1) is 9.74. The van der Waals surface area contributed by atoms with Crippen molar-refractivity contribution in [2.75, 3.05) is 26.2 Å². The fourth-order valence-corrected chi connectivity index (χ4v) is 3.87. The Morgan fingerprint density at radius 1 is 1.20 bits per heavy atom. The van der Waals surface area contributed by atoms with E-state index in [-0.39, 0.29) is 11.9 Å². The Bertz CT molecular complexity index is 581. The summed E-state index contributed by atoms with van der Waals surface area (Å²) in [6.45, 7) is 3.84. The lowest BCUT2D eigenvalue weighted by Gasteiger charge is -2.34. The van der Waals surface area contributed by atoms with E-state index in [9.17, 15) is 4.39 Å². The molecule has 2 heterocycles. The molecule has 0 aliphatic carbocycles. The molecule has 1 unspecified atom stereocenters. The monoisotopic (exact) mass is 310 g/mol. The normalized spacial score (nSPS) is 18.1. The highest BCUT2D eigenvalue weighted by molar-refractivity contribution is 7.16. The Kier molecular flexibility index (Phi) is 4.36. The van der Waals surface area contributed by atoms with Gasteiger partial charge in [-0.2, -0.15) is 0 Å². The summed E-state index contributed by atoms with van der Waals surface area (Å²) in [5.41, 5.74) is 0.991. The summed E-state index contributed by atoms with van der Waals surface area (Å²) in [5.74, 6) is -0.190. The maximum absolute atomic E-state index is 13.6. The lowest BCUT2D eigenvalue weighted by molar-refractivity contribution is 0.200. The van der Waals surface area contributed by atoms with E-state index in [1.54, 1.807) is 23.5 Å². The second-order valence-corrected chi connectivity index (χ2v) is 6.63. The quantitative estimate of drug-likeness (QED) is 0.933. The van der Waals surface area contributed by atoms with Gasteiger partial charge in [0.25, 0.3) is 0 Å². The Labute approximate surface area is 127 Å². The van der Waals surface area contributed by atoms with E-state index in [0.717, 1.165) is 36.1 Å². The summed E-state index contributed by atoms with van der Waals surface area (Å²) in [4.78, 5) is 3.55. The van der Waals surface area contributed by atoms with Crippen molar-refractivity contribution in [1.29, 1.82) is 0 Å². The van der Waals surface area contributed by atoms with Gasteiger partial charge in [-0.05, 0) is 29.8 Å². The average molecular weight is 311 g/mol. The van der Waals surface area contributed by atoms with Gasteiger partial charge in [-0.15, -0.1) is 11.3 Å². The zero-order valence-corrected chi connectivity index (χ0v) is 12.6. The SMILES string of the molecule is Fc1cccc(C(c2ccc(Cl)s2)N2CCNCC2)c1. The molecule has 1 aromatic heterocycles. The molecule has 0 radical (unpaired) electrons. The first-order valence-corrected chi connectivity index (χ1v) is 7.89. The Balaban J connectivity index is 1.98. The lowest BCUT2D eigenvalue weighted by Crippen LogP contribution is -2.45. The van der Waals surface area contributed by atoms with Crippen LogP contribution in [0.3, 0.4) is 0 Å². The molecule has 1 aliphatic heterocycles. The maximum Gasteiger partial charge on any atom is 0.123 e. The van der Waals surface area contributed by atoms with Crippen molar-refractivity contribution in [3.05, 3.63) is 57.0 Å². The number of halogens is 2. The zero-order valence-electron chi connectivity index (χ0n) is 11.0. The molecular weight excluding hydrogens is 295 g/mol. The van der Waals surface area contributed by atoms with Gasteiger partial charge < -0.3 is 5.32 Å². The molecule has 1 atom stereocenters. The van der Waals surface area contributed by atoms with Crippen LogP contribution in [0.2, 0.25) is 4.34 Å². The van der Waals surface area contributed by atoms with E-state index in [2.05, 4.69) is 10.2 Å². The number of nitrogens with one attached hydrogen (secondary N) is 1. The molecule has 5 heteroatoms. The highest BCUT2D eigenvalue weighted by Crippen LogP contribution is 2.35. The maximum atomic E-state index is 13.6. The summed E-state index contributed by atoms with van der Waals surface area (Å²) >= 11 is 7.65. The van der Waals surface area contributed by atoms with Crippen LogP contribution in [-0.4, -0.2) is 31.1 Å².